The number of rotatable bonds is 20. The van der Waals surface area contributed by atoms with Gasteiger partial charge in [-0.25, -0.2) is 19.9 Å². The molecule has 5 heterocycles. The summed E-state index contributed by atoms with van der Waals surface area (Å²) in [6.07, 6.45) is 7.27. The van der Waals surface area contributed by atoms with E-state index in [0.29, 0.717) is 78.1 Å². The molecule has 7 rings (SSSR count). The van der Waals surface area contributed by atoms with Crippen molar-refractivity contribution in [1.29, 1.82) is 0 Å². The number of aromatic nitrogens is 4. The fraction of sp³-hybridized carbons (Fsp3) is 0.490. The number of aryl methyl sites for hydroxylation is 3. The van der Waals surface area contributed by atoms with Gasteiger partial charge >= 0.3 is 0 Å². The highest BCUT2D eigenvalue weighted by molar-refractivity contribution is 7.17. The number of para-hydroxylation sites is 1. The van der Waals surface area contributed by atoms with Gasteiger partial charge in [0.15, 0.2) is 5.13 Å². The minimum Gasteiger partial charge on any atom is -0.391 e. The Balaban J connectivity index is 0.776. The number of carbonyl (C=O) groups excluding carboxylic acids is 4. The Morgan fingerprint density at radius 1 is 0.914 bits per heavy atom. The number of hydrogen-bond donors (Lipinski definition) is 5. The minimum atomic E-state index is -0.762. The van der Waals surface area contributed by atoms with Gasteiger partial charge in [0.05, 0.1) is 45.1 Å². The van der Waals surface area contributed by atoms with Gasteiger partial charge in [-0.1, -0.05) is 106 Å². The molecule has 4 amide bonds. The van der Waals surface area contributed by atoms with E-state index in [-0.39, 0.29) is 36.6 Å². The van der Waals surface area contributed by atoms with Gasteiger partial charge < -0.3 is 41.1 Å². The van der Waals surface area contributed by atoms with Gasteiger partial charge in [-0.05, 0) is 68.3 Å². The summed E-state index contributed by atoms with van der Waals surface area (Å²) >= 11 is 9.12. The molecule has 374 valence electrons. The Morgan fingerprint density at radius 3 is 2.34 bits per heavy atom. The number of hydrogen-bond acceptors (Lipinski definition) is 14. The number of likely N-dealkylation sites (tertiary alicyclic amines) is 1. The van der Waals surface area contributed by atoms with Crippen LogP contribution in [0.25, 0.3) is 10.4 Å². The lowest BCUT2D eigenvalue weighted by Gasteiger charge is -2.35. The van der Waals surface area contributed by atoms with Gasteiger partial charge in [-0.2, -0.15) is 0 Å². The number of nitrogens with one attached hydrogen (secondary N) is 4. The molecule has 2 fully saturated rings. The maximum absolute atomic E-state index is 14.1. The van der Waals surface area contributed by atoms with Crippen molar-refractivity contribution in [3.63, 3.8) is 0 Å². The van der Waals surface area contributed by atoms with E-state index >= 15 is 0 Å². The number of amides is 4. The number of nitrogens with zero attached hydrogens (tertiary/aromatic N) is 7. The van der Waals surface area contributed by atoms with Crippen LogP contribution in [0, 0.1) is 26.2 Å². The Kier molecular flexibility index (Phi) is 18.0. The first kappa shape index (κ1) is 52.3. The fourth-order valence-corrected chi connectivity index (χ4v) is 10.7. The predicted molar refractivity (Wildman–Crippen MR) is 279 cm³/mol. The maximum atomic E-state index is 14.1. The molecule has 70 heavy (non-hydrogen) atoms. The van der Waals surface area contributed by atoms with Gasteiger partial charge in [0.1, 0.15) is 28.4 Å². The van der Waals surface area contributed by atoms with Gasteiger partial charge in [-0.15, -0.1) is 11.3 Å². The molecule has 3 aromatic heterocycles. The van der Waals surface area contributed by atoms with E-state index in [1.807, 2.05) is 94.4 Å². The summed E-state index contributed by atoms with van der Waals surface area (Å²) in [6.45, 7) is 15.4. The molecule has 0 radical (unpaired) electrons. The molecule has 3 atom stereocenters. The molecular weight excluding hydrogens is 946 g/mol. The van der Waals surface area contributed by atoms with Crippen LogP contribution >= 0.6 is 34.3 Å². The summed E-state index contributed by atoms with van der Waals surface area (Å²) < 4.78 is 0. The summed E-state index contributed by atoms with van der Waals surface area (Å²) in [7, 11) is 0. The largest absolute Gasteiger partial charge is 0.391 e. The summed E-state index contributed by atoms with van der Waals surface area (Å²) in [6, 6.07) is 14.1. The van der Waals surface area contributed by atoms with Crippen LogP contribution in [-0.2, 0) is 20.9 Å². The summed E-state index contributed by atoms with van der Waals surface area (Å²) in [5.74, 6) is 1.37. The number of aliphatic hydroxyl groups is 1. The van der Waals surface area contributed by atoms with Crippen LogP contribution < -0.4 is 26.2 Å². The van der Waals surface area contributed by atoms with E-state index in [1.54, 1.807) is 22.3 Å². The summed E-state index contributed by atoms with van der Waals surface area (Å²) in [5.41, 5.74) is 5.88. The highest BCUT2D eigenvalue weighted by Gasteiger charge is 2.43. The van der Waals surface area contributed by atoms with Gasteiger partial charge in [0.25, 0.3) is 5.91 Å². The molecule has 19 heteroatoms. The molecule has 0 aliphatic carbocycles. The number of piperazine rings is 1. The quantitative estimate of drug-likeness (QED) is 0.0469. The Labute approximate surface area is 424 Å². The molecule has 2 aliphatic heterocycles. The molecule has 0 saturated carbocycles. The Bertz CT molecular complexity index is 2570. The highest BCUT2D eigenvalue weighted by Crippen LogP contribution is 2.31. The third kappa shape index (κ3) is 13.9. The van der Waals surface area contributed by atoms with Crippen LogP contribution in [0.15, 0.2) is 60.2 Å². The third-order valence-electron chi connectivity index (χ3n) is 12.8. The molecule has 5 N–H and O–H groups in total. The van der Waals surface area contributed by atoms with Crippen molar-refractivity contribution < 1.29 is 24.3 Å². The lowest BCUT2D eigenvalue weighted by Crippen LogP contribution is -2.56. The van der Waals surface area contributed by atoms with Crippen LogP contribution in [0.4, 0.5) is 22.5 Å². The SMILES string of the molecule is Cc1nc(Nc2ncc(C(=O)Nc3c(C)cccc3Cl)s2)cc(N2CCN(C(=O)CCCCCCCCN[C@H](C(=O)N3C[C@H](O)C[C@H]3C(=O)NCc3ccc(-c4scnc4C)cc3)C(C)(C)C)CC2)n1. The van der Waals surface area contributed by atoms with Crippen LogP contribution in [0.1, 0.15) is 104 Å². The molecule has 0 unspecified atom stereocenters. The number of aliphatic hydroxyl groups excluding tert-OH is 1. The van der Waals surface area contributed by atoms with E-state index in [9.17, 15) is 24.3 Å². The maximum Gasteiger partial charge on any atom is 0.267 e. The number of benzene rings is 2. The number of thiazole rings is 2. The number of halogens is 1. The fourth-order valence-electron chi connectivity index (χ4n) is 8.88. The molecule has 0 spiro atoms. The average molecular weight is 1010 g/mol. The zero-order chi connectivity index (χ0) is 50.0. The predicted octanol–water partition coefficient (Wildman–Crippen LogP) is 8.29. The van der Waals surface area contributed by atoms with Crippen molar-refractivity contribution in [2.75, 3.05) is 54.8 Å². The van der Waals surface area contributed by atoms with Crippen molar-refractivity contribution in [2.24, 2.45) is 5.41 Å². The molecule has 5 aromatic rings. The van der Waals surface area contributed by atoms with Crippen LogP contribution in [0.5, 0.6) is 0 Å². The zero-order valence-corrected chi connectivity index (χ0v) is 43.4. The highest BCUT2D eigenvalue weighted by atomic mass is 35.5. The Morgan fingerprint density at radius 2 is 1.64 bits per heavy atom. The summed E-state index contributed by atoms with van der Waals surface area (Å²) in [4.78, 5) is 78.8. The zero-order valence-electron chi connectivity index (χ0n) is 41.0. The molecule has 16 nitrogen and oxygen atoms in total. The average Bonchev–Trinajstić information content (AvgIpc) is 4.09. The van der Waals surface area contributed by atoms with Crippen LogP contribution in [0.3, 0.4) is 0 Å². The second-order valence-electron chi connectivity index (χ2n) is 19.3. The second kappa shape index (κ2) is 24.1. The Hall–Kier alpha value is -5.53. The number of β-amino-alcohol motifs (C(OH)–C–C–N with tert-alkyl or cyclic N) is 1. The molecular formula is C51H66ClN11O5S2. The van der Waals surface area contributed by atoms with E-state index in [1.165, 1.54) is 17.5 Å². The molecule has 2 aliphatic rings. The van der Waals surface area contributed by atoms with Gasteiger partial charge in [0.2, 0.25) is 17.7 Å². The normalized spacial score (nSPS) is 16.6. The number of anilines is 4. The molecule has 2 saturated heterocycles. The number of unbranched alkanes of at least 4 members (excludes halogenated alkanes) is 5. The van der Waals surface area contributed by atoms with E-state index in [0.717, 1.165) is 71.6 Å². The standard InChI is InChI=1S/C51H66ClN11O5S2/c1-32-14-13-15-38(52)44(32)60-48(67)40-29-55-50(70-40)59-41-27-42(58-34(3)57-41)61-22-24-62(25-23-61)43(65)16-11-9-7-8-10-12-21-53-46(51(4,5)6)49(68)63-30-37(64)26-39(63)47(66)54-28-35-17-19-36(20-18-35)45-33(2)56-31-69-45/h13-15,17-20,27,29,31,37,39,46,53,64H,7-12,16,21-26,28,30H2,1-6H3,(H,54,66)(H,60,67)(H,55,57,58,59)/t37-,39+,46-/m1/s1. The van der Waals surface area contributed by atoms with Gasteiger partial charge in [0, 0.05) is 58.2 Å². The van der Waals surface area contributed by atoms with E-state index < -0.39 is 23.6 Å². The minimum absolute atomic E-state index is 0.128. The molecule has 0 bridgehead atoms. The summed E-state index contributed by atoms with van der Waals surface area (Å²) in [5, 5.41) is 24.2. The third-order valence-corrected chi connectivity index (χ3v) is 15.0. The monoisotopic (exact) mass is 1010 g/mol. The number of carbonyl (C=O) groups is 4. The molecule has 2 aromatic carbocycles. The second-order valence-corrected chi connectivity index (χ2v) is 21.6. The van der Waals surface area contributed by atoms with Crippen LogP contribution in [0.2, 0.25) is 5.02 Å². The van der Waals surface area contributed by atoms with Crippen LogP contribution in [-0.4, -0.2) is 116 Å². The first-order chi connectivity index (χ1) is 33.5. The lowest BCUT2D eigenvalue weighted by molar-refractivity contribution is -0.142. The first-order valence-corrected chi connectivity index (χ1v) is 26.3. The smallest absolute Gasteiger partial charge is 0.267 e. The van der Waals surface area contributed by atoms with Crippen molar-refractivity contribution in [3.05, 3.63) is 92.8 Å². The van der Waals surface area contributed by atoms with Gasteiger partial charge in [-0.3, -0.25) is 19.2 Å². The van der Waals surface area contributed by atoms with E-state index in [2.05, 4.69) is 46.1 Å². The van der Waals surface area contributed by atoms with Crippen molar-refractivity contribution in [2.45, 2.75) is 118 Å². The topological polar surface area (TPSA) is 198 Å². The first-order valence-electron chi connectivity index (χ1n) is 24.2. The van der Waals surface area contributed by atoms with E-state index in [4.69, 9.17) is 11.6 Å². The van der Waals surface area contributed by atoms with Crippen molar-refractivity contribution in [3.8, 4) is 10.4 Å². The van der Waals surface area contributed by atoms with Crippen molar-refractivity contribution in [1.82, 2.24) is 40.4 Å². The lowest BCUT2D eigenvalue weighted by atomic mass is 9.85. The van der Waals surface area contributed by atoms with Crippen molar-refractivity contribution >= 4 is 80.4 Å².